The molecule has 254 valence electrons. The zero-order chi connectivity index (χ0) is 35.5. The normalized spacial score (nSPS) is 14.7. The number of benzene rings is 7. The van der Waals surface area contributed by atoms with Gasteiger partial charge in [0, 0.05) is 33.5 Å². The van der Waals surface area contributed by atoms with Crippen LogP contribution in [-0.2, 0) is 10.8 Å². The molecule has 0 atom stereocenters. The highest BCUT2D eigenvalue weighted by Crippen LogP contribution is 2.47. The summed E-state index contributed by atoms with van der Waals surface area (Å²) in [5, 5.41) is 2.53. The summed E-state index contributed by atoms with van der Waals surface area (Å²) >= 11 is 0. The van der Waals surface area contributed by atoms with Crippen LogP contribution in [0, 0.1) is 0 Å². The Kier molecular flexibility index (Phi) is 7.66. The Bertz CT molecular complexity index is 2450. The number of nitrogens with zero attached hydrogens (tertiary/aromatic N) is 2. The number of anilines is 3. The van der Waals surface area contributed by atoms with Gasteiger partial charge in [0.2, 0.25) is 0 Å². The fraction of sp³-hybridized carbons (Fsp3) is 0.160. The molecule has 0 spiro atoms. The van der Waals surface area contributed by atoms with Gasteiger partial charge in [0.25, 0.3) is 0 Å². The van der Waals surface area contributed by atoms with E-state index in [1.165, 1.54) is 73.7 Å². The molecule has 0 amide bonds. The van der Waals surface area contributed by atoms with Crippen molar-refractivity contribution in [2.75, 3.05) is 4.90 Å². The van der Waals surface area contributed by atoms with E-state index in [1.54, 1.807) is 0 Å². The van der Waals surface area contributed by atoms with Crippen LogP contribution < -0.4 is 4.90 Å². The van der Waals surface area contributed by atoms with Gasteiger partial charge >= 0.3 is 0 Å². The van der Waals surface area contributed by atoms with E-state index in [9.17, 15) is 0 Å². The van der Waals surface area contributed by atoms with Gasteiger partial charge in [-0.15, -0.1) is 0 Å². The molecular formula is C50H44N2. The van der Waals surface area contributed by atoms with Crippen molar-refractivity contribution < 1.29 is 0 Å². The lowest BCUT2D eigenvalue weighted by Gasteiger charge is -2.42. The van der Waals surface area contributed by atoms with Gasteiger partial charge < -0.3 is 9.47 Å². The van der Waals surface area contributed by atoms with Crippen molar-refractivity contribution in [3.8, 4) is 27.9 Å². The number of para-hydroxylation sites is 1. The number of fused-ring (bicyclic) bond motifs is 4. The highest BCUT2D eigenvalue weighted by Gasteiger charge is 2.37. The molecule has 1 aliphatic carbocycles. The first kappa shape index (κ1) is 32.1. The maximum atomic E-state index is 2.49. The van der Waals surface area contributed by atoms with Crippen molar-refractivity contribution in [1.29, 1.82) is 0 Å². The standard InChI is InChI=1S/C50H44N2/c1-49(2)31-32-50(3,4)46-33-41(28-30-45(46)49)52-47-18-12-11-17-43(47)44-29-27-42(34-48(44)52)51(39-23-19-37(20-24-39)35-13-7-5-8-14-35)40-25-21-38(22-26-40)36-15-9-6-10-16-36/h5-30,33-34H,31-32H2,1-4H3. The quantitative estimate of drug-likeness (QED) is 0.171. The molecular weight excluding hydrogens is 629 g/mol. The van der Waals surface area contributed by atoms with E-state index in [2.05, 4.69) is 207 Å². The molecule has 2 nitrogen and oxygen atoms in total. The molecule has 9 rings (SSSR count). The molecule has 1 heterocycles. The third-order valence-corrected chi connectivity index (χ3v) is 11.5. The van der Waals surface area contributed by atoms with E-state index in [0.29, 0.717) is 0 Å². The van der Waals surface area contributed by atoms with Crippen LogP contribution in [0.1, 0.15) is 51.7 Å². The molecule has 7 aromatic carbocycles. The average molecular weight is 673 g/mol. The number of rotatable bonds is 6. The molecule has 0 N–H and O–H groups in total. The van der Waals surface area contributed by atoms with E-state index in [0.717, 1.165) is 17.1 Å². The summed E-state index contributed by atoms with van der Waals surface area (Å²) in [6, 6.07) is 62.3. The second-order valence-electron chi connectivity index (χ2n) is 15.7. The first-order chi connectivity index (χ1) is 25.3. The minimum absolute atomic E-state index is 0.124. The molecule has 0 fully saturated rings. The monoisotopic (exact) mass is 672 g/mol. The smallest absolute Gasteiger partial charge is 0.0561 e. The van der Waals surface area contributed by atoms with Crippen LogP contribution in [0.2, 0.25) is 0 Å². The lowest BCUT2D eigenvalue weighted by atomic mass is 9.63. The summed E-state index contributed by atoms with van der Waals surface area (Å²) in [5.74, 6) is 0. The van der Waals surface area contributed by atoms with Crippen LogP contribution in [0.3, 0.4) is 0 Å². The minimum Gasteiger partial charge on any atom is -0.310 e. The predicted molar refractivity (Wildman–Crippen MR) is 222 cm³/mol. The van der Waals surface area contributed by atoms with Crippen LogP contribution in [0.5, 0.6) is 0 Å². The van der Waals surface area contributed by atoms with Crippen molar-refractivity contribution in [1.82, 2.24) is 4.57 Å². The molecule has 0 saturated carbocycles. The van der Waals surface area contributed by atoms with Crippen molar-refractivity contribution >= 4 is 38.9 Å². The summed E-state index contributed by atoms with van der Waals surface area (Å²) in [4.78, 5) is 2.39. The Labute approximate surface area is 307 Å². The molecule has 0 radical (unpaired) electrons. The van der Waals surface area contributed by atoms with E-state index in [1.807, 2.05) is 0 Å². The summed E-state index contributed by atoms with van der Waals surface area (Å²) in [6.45, 7) is 9.64. The lowest BCUT2D eigenvalue weighted by Crippen LogP contribution is -2.33. The Morgan fingerprint density at radius 3 is 1.48 bits per heavy atom. The van der Waals surface area contributed by atoms with Gasteiger partial charge in [-0.05, 0) is 112 Å². The largest absolute Gasteiger partial charge is 0.310 e. The van der Waals surface area contributed by atoms with Gasteiger partial charge in [-0.2, -0.15) is 0 Å². The van der Waals surface area contributed by atoms with Gasteiger partial charge in [-0.1, -0.05) is 143 Å². The summed E-state index contributed by atoms with van der Waals surface area (Å²) in [5.41, 5.74) is 15.1. The molecule has 0 saturated heterocycles. The Morgan fingerprint density at radius 1 is 0.404 bits per heavy atom. The molecule has 8 aromatic rings. The van der Waals surface area contributed by atoms with Crippen molar-refractivity contribution in [2.45, 2.75) is 51.4 Å². The van der Waals surface area contributed by atoms with Crippen molar-refractivity contribution in [3.63, 3.8) is 0 Å². The lowest BCUT2D eigenvalue weighted by molar-refractivity contribution is 0.332. The zero-order valence-electron chi connectivity index (χ0n) is 30.5. The van der Waals surface area contributed by atoms with Crippen LogP contribution in [-0.4, -0.2) is 4.57 Å². The molecule has 0 bridgehead atoms. The maximum absolute atomic E-state index is 2.49. The summed E-state index contributed by atoms with van der Waals surface area (Å²) in [7, 11) is 0. The number of hydrogen-bond donors (Lipinski definition) is 0. The zero-order valence-corrected chi connectivity index (χ0v) is 30.5. The fourth-order valence-corrected chi connectivity index (χ4v) is 8.41. The van der Waals surface area contributed by atoms with Crippen molar-refractivity contribution in [2.24, 2.45) is 0 Å². The molecule has 1 aliphatic rings. The van der Waals surface area contributed by atoms with E-state index in [-0.39, 0.29) is 10.8 Å². The van der Waals surface area contributed by atoms with Gasteiger partial charge in [-0.3, -0.25) is 0 Å². The Balaban J connectivity index is 1.23. The first-order valence-corrected chi connectivity index (χ1v) is 18.6. The number of aromatic nitrogens is 1. The first-order valence-electron chi connectivity index (χ1n) is 18.6. The molecule has 52 heavy (non-hydrogen) atoms. The molecule has 0 unspecified atom stereocenters. The molecule has 2 heteroatoms. The Morgan fingerprint density at radius 2 is 0.885 bits per heavy atom. The third-order valence-electron chi connectivity index (χ3n) is 11.5. The van der Waals surface area contributed by atoms with Gasteiger partial charge in [-0.25, -0.2) is 0 Å². The molecule has 1 aromatic heterocycles. The minimum atomic E-state index is 0.124. The SMILES string of the molecule is CC1(C)CCC(C)(C)c2cc(-n3c4ccccc4c4ccc(N(c5ccc(-c6ccccc6)cc5)c5ccc(-c6ccccc6)cc5)cc43)ccc21. The maximum Gasteiger partial charge on any atom is 0.0561 e. The predicted octanol–water partition coefficient (Wildman–Crippen LogP) is 13.9. The highest BCUT2D eigenvalue weighted by atomic mass is 15.1. The third kappa shape index (κ3) is 5.51. The van der Waals surface area contributed by atoms with E-state index in [4.69, 9.17) is 0 Å². The summed E-state index contributed by atoms with van der Waals surface area (Å²) in [6.07, 6.45) is 2.40. The number of hydrogen-bond acceptors (Lipinski definition) is 1. The van der Waals surface area contributed by atoms with Crippen LogP contribution in [0.4, 0.5) is 17.1 Å². The summed E-state index contributed by atoms with van der Waals surface area (Å²) < 4.78 is 2.49. The second-order valence-corrected chi connectivity index (χ2v) is 15.7. The average Bonchev–Trinajstić information content (AvgIpc) is 3.52. The van der Waals surface area contributed by atoms with Crippen molar-refractivity contribution in [3.05, 3.63) is 181 Å². The topological polar surface area (TPSA) is 8.17 Å². The van der Waals surface area contributed by atoms with Crippen LogP contribution in [0.15, 0.2) is 170 Å². The van der Waals surface area contributed by atoms with Gasteiger partial charge in [0.1, 0.15) is 0 Å². The van der Waals surface area contributed by atoms with Gasteiger partial charge in [0.05, 0.1) is 11.0 Å². The van der Waals surface area contributed by atoms with Crippen LogP contribution in [0.25, 0.3) is 49.7 Å². The van der Waals surface area contributed by atoms with Gasteiger partial charge in [0.15, 0.2) is 0 Å². The van der Waals surface area contributed by atoms with E-state index < -0.39 is 0 Å². The van der Waals surface area contributed by atoms with Crippen LogP contribution >= 0.6 is 0 Å². The van der Waals surface area contributed by atoms with E-state index >= 15 is 0 Å². The second kappa shape index (κ2) is 12.4. The highest BCUT2D eigenvalue weighted by molar-refractivity contribution is 6.10. The molecule has 0 aliphatic heterocycles. The Hall–Kier alpha value is -5.86. The fourth-order valence-electron chi connectivity index (χ4n) is 8.41.